The number of sulfonamides is 1. The lowest BCUT2D eigenvalue weighted by atomic mass is 10.2. The van der Waals surface area contributed by atoms with Crippen molar-refractivity contribution in [2.24, 2.45) is 0 Å². The number of para-hydroxylation sites is 1. The molecule has 6 nitrogen and oxygen atoms in total. The largest absolute Gasteiger partial charge is 0.496 e. The summed E-state index contributed by atoms with van der Waals surface area (Å²) in [6, 6.07) is 20.4. The van der Waals surface area contributed by atoms with Gasteiger partial charge in [-0.1, -0.05) is 57.9 Å². The lowest BCUT2D eigenvalue weighted by Gasteiger charge is -2.22. The van der Waals surface area contributed by atoms with Crippen LogP contribution >= 0.6 is 27.5 Å². The van der Waals surface area contributed by atoms with Gasteiger partial charge in [-0.3, -0.25) is 4.79 Å². The van der Waals surface area contributed by atoms with Gasteiger partial charge < -0.3 is 10.1 Å². The molecule has 0 bridgehead atoms. The highest BCUT2D eigenvalue weighted by Gasteiger charge is 2.27. The Morgan fingerprint density at radius 3 is 2.34 bits per heavy atom. The van der Waals surface area contributed by atoms with Crippen molar-refractivity contribution in [3.05, 3.63) is 93.4 Å². The van der Waals surface area contributed by atoms with E-state index in [0.29, 0.717) is 10.8 Å². The van der Waals surface area contributed by atoms with Crippen molar-refractivity contribution < 1.29 is 17.9 Å². The first-order chi connectivity index (χ1) is 15.3. The summed E-state index contributed by atoms with van der Waals surface area (Å²) < 4.78 is 33.9. The number of carbonyl (C=O) groups excluding carboxylic acids is 1. The molecule has 0 saturated heterocycles. The molecule has 1 N–H and O–H groups in total. The van der Waals surface area contributed by atoms with E-state index in [9.17, 15) is 13.2 Å². The van der Waals surface area contributed by atoms with E-state index in [-0.39, 0.29) is 24.5 Å². The standard InChI is InChI=1S/C23H22BrClN2O4S/c1-31-22-5-3-2-4-18(22)14-26-23(28)16-27(15-17-6-8-19(24)9-7-17)32(29,30)21-12-10-20(25)11-13-21/h2-13H,14-16H2,1H3,(H,26,28). The molecule has 3 rings (SSSR count). The van der Waals surface area contributed by atoms with Gasteiger partial charge in [-0.15, -0.1) is 0 Å². The van der Waals surface area contributed by atoms with E-state index in [1.54, 1.807) is 25.3 Å². The van der Waals surface area contributed by atoms with Crippen molar-refractivity contribution in [1.29, 1.82) is 0 Å². The Morgan fingerprint density at radius 2 is 1.69 bits per heavy atom. The van der Waals surface area contributed by atoms with Crippen LogP contribution in [-0.4, -0.2) is 32.3 Å². The molecule has 3 aromatic rings. The van der Waals surface area contributed by atoms with Gasteiger partial charge in [-0.25, -0.2) is 8.42 Å². The number of methoxy groups -OCH3 is 1. The van der Waals surface area contributed by atoms with Gasteiger partial charge in [0.15, 0.2) is 0 Å². The number of benzene rings is 3. The van der Waals surface area contributed by atoms with E-state index < -0.39 is 15.9 Å². The quantitative estimate of drug-likeness (QED) is 0.432. The molecule has 0 unspecified atom stereocenters. The molecule has 0 atom stereocenters. The summed E-state index contributed by atoms with van der Waals surface area (Å²) >= 11 is 9.28. The number of carbonyl (C=O) groups is 1. The number of halogens is 2. The molecule has 0 radical (unpaired) electrons. The number of hydrogen-bond donors (Lipinski definition) is 1. The van der Waals surface area contributed by atoms with Gasteiger partial charge >= 0.3 is 0 Å². The Kier molecular flexibility index (Phi) is 8.31. The summed E-state index contributed by atoms with van der Waals surface area (Å²) in [6.45, 7) is -0.0769. The summed E-state index contributed by atoms with van der Waals surface area (Å²) in [5.74, 6) is 0.221. The van der Waals surface area contributed by atoms with Crippen LogP contribution in [0.4, 0.5) is 0 Å². The molecule has 0 aromatic heterocycles. The summed E-state index contributed by atoms with van der Waals surface area (Å²) in [6.07, 6.45) is 0. The molecule has 0 aliphatic rings. The second kappa shape index (κ2) is 11.0. The lowest BCUT2D eigenvalue weighted by Crippen LogP contribution is -2.40. The summed E-state index contributed by atoms with van der Waals surface area (Å²) in [5, 5.41) is 3.21. The fourth-order valence-electron chi connectivity index (χ4n) is 3.03. The van der Waals surface area contributed by atoms with Crippen molar-refractivity contribution >= 4 is 43.5 Å². The topological polar surface area (TPSA) is 75.7 Å². The van der Waals surface area contributed by atoms with E-state index >= 15 is 0 Å². The van der Waals surface area contributed by atoms with Gasteiger partial charge in [0.25, 0.3) is 0 Å². The van der Waals surface area contributed by atoms with Crippen molar-refractivity contribution in [3.8, 4) is 5.75 Å². The van der Waals surface area contributed by atoms with Gasteiger partial charge in [0, 0.05) is 28.1 Å². The maximum atomic E-state index is 13.3. The Hall–Kier alpha value is -2.39. The minimum atomic E-state index is -3.94. The molecule has 1 amide bonds. The first-order valence-corrected chi connectivity index (χ1v) is 12.3. The van der Waals surface area contributed by atoms with E-state index in [1.807, 2.05) is 30.3 Å². The number of amides is 1. The van der Waals surface area contributed by atoms with E-state index in [0.717, 1.165) is 19.9 Å². The molecule has 0 aliphatic heterocycles. The third-order valence-corrected chi connectivity index (χ3v) is 7.30. The molecule has 168 valence electrons. The highest BCUT2D eigenvalue weighted by Crippen LogP contribution is 2.22. The summed E-state index contributed by atoms with van der Waals surface area (Å²) in [7, 11) is -2.38. The predicted molar refractivity (Wildman–Crippen MR) is 128 cm³/mol. The van der Waals surface area contributed by atoms with Gasteiger partial charge in [-0.2, -0.15) is 4.31 Å². The Balaban J connectivity index is 1.80. The first-order valence-electron chi connectivity index (χ1n) is 9.68. The second-order valence-corrected chi connectivity index (χ2v) is 10.2. The van der Waals surface area contributed by atoms with Crippen LogP contribution in [0.3, 0.4) is 0 Å². The average Bonchev–Trinajstić information content (AvgIpc) is 2.79. The molecule has 0 fully saturated rings. The maximum absolute atomic E-state index is 13.3. The normalized spacial score (nSPS) is 11.4. The van der Waals surface area contributed by atoms with Crippen molar-refractivity contribution in [2.45, 2.75) is 18.0 Å². The van der Waals surface area contributed by atoms with Crippen LogP contribution in [-0.2, 0) is 27.9 Å². The zero-order valence-corrected chi connectivity index (χ0v) is 20.5. The molecule has 0 saturated carbocycles. The lowest BCUT2D eigenvalue weighted by molar-refractivity contribution is -0.121. The third kappa shape index (κ3) is 6.32. The first kappa shape index (κ1) is 24.3. The minimum absolute atomic E-state index is 0.0420. The fourth-order valence-corrected chi connectivity index (χ4v) is 4.81. The Bertz CT molecular complexity index is 1170. The molecule has 0 spiro atoms. The number of nitrogens with zero attached hydrogens (tertiary/aromatic N) is 1. The molecule has 9 heteroatoms. The molecule has 0 aliphatic carbocycles. The fraction of sp³-hybridized carbons (Fsp3) is 0.174. The van der Waals surface area contributed by atoms with E-state index in [4.69, 9.17) is 16.3 Å². The predicted octanol–water partition coefficient (Wildman–Crippen LogP) is 4.62. The third-order valence-electron chi connectivity index (χ3n) is 4.71. The number of nitrogens with one attached hydrogen (secondary N) is 1. The van der Waals surface area contributed by atoms with Crippen LogP contribution in [0.5, 0.6) is 5.75 Å². The highest BCUT2D eigenvalue weighted by molar-refractivity contribution is 9.10. The SMILES string of the molecule is COc1ccccc1CNC(=O)CN(Cc1ccc(Br)cc1)S(=O)(=O)c1ccc(Cl)cc1. The van der Waals surface area contributed by atoms with Crippen LogP contribution in [0.2, 0.25) is 5.02 Å². The molecule has 3 aromatic carbocycles. The van der Waals surface area contributed by atoms with Gasteiger partial charge in [0.2, 0.25) is 15.9 Å². The highest BCUT2D eigenvalue weighted by atomic mass is 79.9. The zero-order valence-electron chi connectivity index (χ0n) is 17.3. The monoisotopic (exact) mass is 536 g/mol. The molecule has 32 heavy (non-hydrogen) atoms. The Morgan fingerprint density at radius 1 is 1.03 bits per heavy atom. The van der Waals surface area contributed by atoms with Gasteiger partial charge in [0.1, 0.15) is 5.75 Å². The summed E-state index contributed by atoms with van der Waals surface area (Å²) in [5.41, 5.74) is 1.55. The zero-order chi connectivity index (χ0) is 23.1. The van der Waals surface area contributed by atoms with E-state index in [1.165, 1.54) is 24.3 Å². The number of ether oxygens (including phenoxy) is 1. The van der Waals surface area contributed by atoms with Gasteiger partial charge in [-0.05, 0) is 48.0 Å². The number of rotatable bonds is 9. The van der Waals surface area contributed by atoms with Crippen LogP contribution in [0.25, 0.3) is 0 Å². The Labute approximate surface area is 201 Å². The van der Waals surface area contributed by atoms with Crippen LogP contribution in [0.1, 0.15) is 11.1 Å². The molecule has 0 heterocycles. The smallest absolute Gasteiger partial charge is 0.243 e. The van der Waals surface area contributed by atoms with Crippen LogP contribution in [0.15, 0.2) is 82.2 Å². The van der Waals surface area contributed by atoms with E-state index in [2.05, 4.69) is 21.2 Å². The number of hydrogen-bond acceptors (Lipinski definition) is 4. The second-order valence-electron chi connectivity index (χ2n) is 6.94. The summed E-state index contributed by atoms with van der Waals surface area (Å²) in [4.78, 5) is 12.8. The molecular weight excluding hydrogens is 516 g/mol. The average molecular weight is 538 g/mol. The molecular formula is C23H22BrClN2O4S. The van der Waals surface area contributed by atoms with Crippen LogP contribution in [0, 0.1) is 0 Å². The van der Waals surface area contributed by atoms with Crippen molar-refractivity contribution in [1.82, 2.24) is 9.62 Å². The van der Waals surface area contributed by atoms with Crippen molar-refractivity contribution in [2.75, 3.05) is 13.7 Å². The van der Waals surface area contributed by atoms with Gasteiger partial charge in [0.05, 0.1) is 18.6 Å². The maximum Gasteiger partial charge on any atom is 0.243 e. The minimum Gasteiger partial charge on any atom is -0.496 e. The van der Waals surface area contributed by atoms with Crippen LogP contribution < -0.4 is 10.1 Å². The van der Waals surface area contributed by atoms with Crippen molar-refractivity contribution in [3.63, 3.8) is 0 Å².